The molecule has 0 bridgehead atoms. The Kier molecular flexibility index (Phi) is 5.85. The molecule has 2 heterocycles. The predicted molar refractivity (Wildman–Crippen MR) is 108 cm³/mol. The van der Waals surface area contributed by atoms with Gasteiger partial charge < -0.3 is 14.4 Å². The number of benzene rings is 1. The summed E-state index contributed by atoms with van der Waals surface area (Å²) in [7, 11) is 1.08. The van der Waals surface area contributed by atoms with Gasteiger partial charge in [0.1, 0.15) is 12.5 Å². The van der Waals surface area contributed by atoms with Crippen molar-refractivity contribution >= 4 is 8.07 Å². The van der Waals surface area contributed by atoms with E-state index in [0.717, 1.165) is 37.2 Å². The van der Waals surface area contributed by atoms with Gasteiger partial charge in [-0.15, -0.1) is 0 Å². The summed E-state index contributed by atoms with van der Waals surface area (Å²) in [6.07, 6.45) is 1.98. The molecule has 0 unspecified atom stereocenters. The van der Waals surface area contributed by atoms with Crippen LogP contribution in [0, 0.1) is 6.92 Å². The van der Waals surface area contributed by atoms with Crippen molar-refractivity contribution in [3.05, 3.63) is 41.7 Å². The summed E-state index contributed by atoms with van der Waals surface area (Å²) in [4.78, 5) is 6.84. The lowest BCUT2D eigenvalue weighted by molar-refractivity contribution is 0.0821. The monoisotopic (exact) mass is 373 g/mol. The minimum Gasteiger partial charge on any atom is -0.425 e. The molecule has 3 rings (SSSR count). The van der Waals surface area contributed by atoms with Crippen molar-refractivity contribution in [3.8, 4) is 11.8 Å². The van der Waals surface area contributed by atoms with E-state index < -0.39 is 8.07 Å². The number of aromatic nitrogens is 2. The van der Waals surface area contributed by atoms with E-state index in [-0.39, 0.29) is 0 Å². The Bertz CT molecular complexity index is 733. The fourth-order valence-electron chi connectivity index (χ4n) is 3.09. The molecule has 0 radical (unpaired) electrons. The van der Waals surface area contributed by atoms with Crippen LogP contribution in [0.5, 0.6) is 11.8 Å². The number of aryl methyl sites for hydroxylation is 1. The fourth-order valence-corrected chi connectivity index (χ4v) is 3.84. The number of rotatable bonds is 8. The van der Waals surface area contributed by atoms with Crippen molar-refractivity contribution in [2.24, 2.45) is 0 Å². The number of hydrogen-bond acceptors (Lipinski definition) is 4. The summed E-state index contributed by atoms with van der Waals surface area (Å²) in [6, 6.07) is 10.1. The van der Waals surface area contributed by atoms with Crippen LogP contribution in [-0.2, 0) is 11.5 Å². The Morgan fingerprint density at radius 2 is 2.00 bits per heavy atom. The second-order valence-corrected chi connectivity index (χ2v) is 14.2. The van der Waals surface area contributed by atoms with Crippen molar-refractivity contribution in [1.29, 1.82) is 0 Å². The van der Waals surface area contributed by atoms with E-state index >= 15 is 0 Å². The first-order valence-electron chi connectivity index (χ1n) is 9.38. The second kappa shape index (κ2) is 7.94. The molecule has 1 aliphatic heterocycles. The predicted octanol–water partition coefficient (Wildman–Crippen LogP) is 4.33. The van der Waals surface area contributed by atoms with Gasteiger partial charge in [0.25, 0.3) is 0 Å². The van der Waals surface area contributed by atoms with Crippen molar-refractivity contribution in [2.45, 2.75) is 45.3 Å². The summed E-state index contributed by atoms with van der Waals surface area (Å²) in [5.74, 6) is 1.45. The zero-order valence-electron chi connectivity index (χ0n) is 16.7. The van der Waals surface area contributed by atoms with Crippen LogP contribution in [0.4, 0.5) is 0 Å². The van der Waals surface area contributed by atoms with Crippen molar-refractivity contribution in [3.63, 3.8) is 0 Å². The van der Waals surface area contributed by atoms with Crippen LogP contribution in [0.2, 0.25) is 25.7 Å². The van der Waals surface area contributed by atoms with E-state index in [4.69, 9.17) is 9.47 Å². The number of likely N-dealkylation sites (N-methyl/N-ethyl adjacent to an activating group) is 1. The lowest BCUT2D eigenvalue weighted by Gasteiger charge is -2.36. The Morgan fingerprint density at radius 1 is 1.23 bits per heavy atom. The van der Waals surface area contributed by atoms with Crippen LogP contribution in [0.1, 0.15) is 17.2 Å². The van der Waals surface area contributed by atoms with Gasteiger partial charge in [-0.3, -0.25) is 4.57 Å². The van der Waals surface area contributed by atoms with Crippen molar-refractivity contribution < 1.29 is 9.47 Å². The highest BCUT2D eigenvalue weighted by Crippen LogP contribution is 2.29. The Morgan fingerprint density at radius 3 is 2.69 bits per heavy atom. The van der Waals surface area contributed by atoms with E-state index in [1.807, 2.05) is 23.8 Å². The van der Waals surface area contributed by atoms with Gasteiger partial charge >= 0.3 is 6.01 Å². The van der Waals surface area contributed by atoms with E-state index in [0.29, 0.717) is 18.7 Å². The maximum atomic E-state index is 6.08. The molecule has 0 aliphatic carbocycles. The number of likely N-dealkylation sites (tertiary alicyclic amines) is 1. The van der Waals surface area contributed by atoms with Gasteiger partial charge in [0.15, 0.2) is 0 Å². The lowest BCUT2D eigenvalue weighted by Crippen LogP contribution is -2.41. The van der Waals surface area contributed by atoms with Crippen LogP contribution >= 0.6 is 0 Å². The van der Waals surface area contributed by atoms with Gasteiger partial charge in [0.2, 0.25) is 0 Å². The molecular weight excluding hydrogens is 342 g/mol. The molecule has 0 atom stereocenters. The SMILES string of the molecule is Cc1cn(COCC[Si](C)(C)C)c(Oc2cccc(C3CN(C)C3)c2)n1. The molecule has 1 saturated heterocycles. The van der Waals surface area contributed by atoms with Gasteiger partial charge in [0.05, 0.1) is 5.69 Å². The third-order valence-corrected chi connectivity index (χ3v) is 6.39. The summed E-state index contributed by atoms with van der Waals surface area (Å²) in [6.45, 7) is 12.6. The van der Waals surface area contributed by atoms with Crippen LogP contribution in [-0.4, -0.2) is 49.3 Å². The zero-order valence-corrected chi connectivity index (χ0v) is 17.7. The van der Waals surface area contributed by atoms with Crippen LogP contribution in [0.25, 0.3) is 0 Å². The third-order valence-electron chi connectivity index (χ3n) is 4.69. The average molecular weight is 374 g/mol. The Balaban J connectivity index is 1.62. The number of nitrogens with zero attached hydrogens (tertiary/aromatic N) is 3. The summed E-state index contributed by atoms with van der Waals surface area (Å²) in [5, 5.41) is 0. The van der Waals surface area contributed by atoms with Crippen molar-refractivity contribution in [1.82, 2.24) is 14.5 Å². The molecule has 1 aromatic carbocycles. The van der Waals surface area contributed by atoms with E-state index in [2.05, 4.69) is 54.8 Å². The van der Waals surface area contributed by atoms with Gasteiger partial charge in [0, 0.05) is 39.9 Å². The topological polar surface area (TPSA) is 39.5 Å². The van der Waals surface area contributed by atoms with Crippen LogP contribution in [0.15, 0.2) is 30.5 Å². The van der Waals surface area contributed by atoms with Crippen LogP contribution < -0.4 is 4.74 Å². The Labute approximate surface area is 158 Å². The van der Waals surface area contributed by atoms with E-state index in [9.17, 15) is 0 Å². The second-order valence-electron chi connectivity index (χ2n) is 8.58. The first-order valence-corrected chi connectivity index (χ1v) is 13.1. The van der Waals surface area contributed by atoms with Gasteiger partial charge in [-0.1, -0.05) is 31.8 Å². The number of imidazole rings is 1. The van der Waals surface area contributed by atoms with Crippen LogP contribution in [0.3, 0.4) is 0 Å². The molecule has 0 N–H and O–H groups in total. The normalized spacial score (nSPS) is 15.9. The molecular formula is C20H31N3O2Si. The lowest BCUT2D eigenvalue weighted by atomic mass is 9.92. The maximum absolute atomic E-state index is 6.08. The molecule has 5 nitrogen and oxygen atoms in total. The van der Waals surface area contributed by atoms with Gasteiger partial charge in [-0.2, -0.15) is 0 Å². The number of ether oxygens (including phenoxy) is 2. The maximum Gasteiger partial charge on any atom is 0.304 e. The molecule has 2 aromatic rings. The van der Waals surface area contributed by atoms with Gasteiger partial charge in [-0.25, -0.2) is 4.98 Å². The standard InChI is InChI=1S/C20H31N3O2Si/c1-16-12-23(15-24-9-10-26(3,4)5)20(21-16)25-19-8-6-7-17(11-19)18-13-22(2)14-18/h6-8,11-12,18H,9-10,13-15H2,1-5H3. The molecule has 1 aliphatic rings. The van der Waals surface area contributed by atoms with Crippen molar-refractivity contribution in [2.75, 3.05) is 26.7 Å². The first-order chi connectivity index (χ1) is 12.3. The molecule has 1 aromatic heterocycles. The highest BCUT2D eigenvalue weighted by molar-refractivity contribution is 6.76. The minimum absolute atomic E-state index is 0.480. The minimum atomic E-state index is -1.07. The molecule has 142 valence electrons. The highest BCUT2D eigenvalue weighted by atomic mass is 28.3. The van der Waals surface area contributed by atoms with E-state index in [1.165, 1.54) is 5.56 Å². The van der Waals surface area contributed by atoms with Gasteiger partial charge in [-0.05, 0) is 37.7 Å². The quantitative estimate of drug-likeness (QED) is 0.510. The van der Waals surface area contributed by atoms with E-state index in [1.54, 1.807) is 0 Å². The third kappa shape index (κ3) is 5.19. The highest BCUT2D eigenvalue weighted by Gasteiger charge is 2.25. The molecule has 26 heavy (non-hydrogen) atoms. The number of hydrogen-bond donors (Lipinski definition) is 0. The summed E-state index contributed by atoms with van der Waals surface area (Å²) in [5.41, 5.74) is 2.27. The molecule has 6 heteroatoms. The largest absolute Gasteiger partial charge is 0.425 e. The fraction of sp³-hybridized carbons (Fsp3) is 0.550. The molecule has 0 saturated carbocycles. The smallest absolute Gasteiger partial charge is 0.304 e. The average Bonchev–Trinajstić information content (AvgIpc) is 2.87. The molecule has 0 amide bonds. The zero-order chi connectivity index (χ0) is 18.7. The molecule has 0 spiro atoms. The summed E-state index contributed by atoms with van der Waals surface area (Å²) >= 11 is 0. The summed E-state index contributed by atoms with van der Waals surface area (Å²) < 4.78 is 13.9. The first kappa shape index (κ1) is 19.1. The molecule has 1 fully saturated rings. The Hall–Kier alpha value is -1.63.